The van der Waals surface area contributed by atoms with Gasteiger partial charge in [-0.3, -0.25) is 0 Å². The molecule has 1 aliphatic heterocycles. The Morgan fingerprint density at radius 2 is 1.82 bits per heavy atom. The van der Waals surface area contributed by atoms with Crippen LogP contribution in [0, 0.1) is 5.92 Å². The normalized spacial score (nSPS) is 25.7. The van der Waals surface area contributed by atoms with Crippen LogP contribution in [0.15, 0.2) is 47.1 Å². The maximum atomic E-state index is 12.2. The molecule has 0 amide bonds. The van der Waals surface area contributed by atoms with Gasteiger partial charge in [-0.15, -0.1) is 0 Å². The number of nitrogens with zero attached hydrogens (tertiary/aromatic N) is 1. The minimum absolute atomic E-state index is 0.134. The van der Waals surface area contributed by atoms with Gasteiger partial charge in [-0.05, 0) is 29.8 Å². The van der Waals surface area contributed by atoms with Crippen molar-refractivity contribution in [1.29, 1.82) is 0 Å². The molecule has 6 heteroatoms. The molecule has 1 aromatic carbocycles. The summed E-state index contributed by atoms with van der Waals surface area (Å²) in [6, 6.07) is 10.7. The van der Waals surface area contributed by atoms with Crippen LogP contribution in [-0.2, 0) is 10.0 Å². The average Bonchev–Trinajstić information content (AvgIpc) is 2.98. The Hall–Kier alpha value is -1.79. The third-order valence-corrected chi connectivity index (χ3v) is 5.44. The summed E-state index contributed by atoms with van der Waals surface area (Å²) in [5.41, 5.74) is 0.960. The lowest BCUT2D eigenvalue weighted by molar-refractivity contribution is 0.0161. The topological polar surface area (TPSA) is 59.8 Å². The Morgan fingerprint density at radius 3 is 2.32 bits per heavy atom. The first-order valence-corrected chi connectivity index (χ1v) is 8.94. The summed E-state index contributed by atoms with van der Waals surface area (Å²) in [6.45, 7) is 2.05. The maximum Gasteiger partial charge on any atom is 0.212 e. The summed E-state index contributed by atoms with van der Waals surface area (Å²) >= 11 is 0. The summed E-state index contributed by atoms with van der Waals surface area (Å²) in [5.74, 6) is 1.57. The van der Waals surface area contributed by atoms with Gasteiger partial charge in [0.25, 0.3) is 0 Å². The zero-order valence-electron chi connectivity index (χ0n) is 12.8. The van der Waals surface area contributed by atoms with Gasteiger partial charge in [0.2, 0.25) is 10.0 Å². The van der Waals surface area contributed by atoms with Crippen molar-refractivity contribution in [2.24, 2.45) is 5.92 Å². The third-order valence-electron chi connectivity index (χ3n) is 4.22. The molecule has 0 bridgehead atoms. The first kappa shape index (κ1) is 15.1. The fourth-order valence-electron chi connectivity index (χ4n) is 3.22. The lowest BCUT2D eigenvalue weighted by Crippen LogP contribution is -2.53. The first-order valence-electron chi connectivity index (χ1n) is 7.09. The van der Waals surface area contributed by atoms with Crippen LogP contribution in [0.4, 0.5) is 0 Å². The fourth-order valence-corrected chi connectivity index (χ4v) is 4.65. The predicted molar refractivity (Wildman–Crippen MR) is 83.0 cm³/mol. The molecule has 1 saturated heterocycles. The standard InChI is InChI=1S/C16H19NO4S/c1-11-15(12-6-8-13(20-2)9-7-12)17(22(3,18)19)16(11)14-5-4-10-21-14/h4-11,15-16H,1-3H3/t11-,15+,16-/m0/s1. The highest BCUT2D eigenvalue weighted by Crippen LogP contribution is 2.54. The van der Waals surface area contributed by atoms with Crippen LogP contribution in [0.5, 0.6) is 5.75 Å². The van der Waals surface area contributed by atoms with E-state index in [0.717, 1.165) is 11.3 Å². The highest BCUT2D eigenvalue weighted by atomic mass is 32.2. The van der Waals surface area contributed by atoms with Crippen LogP contribution < -0.4 is 4.74 Å². The van der Waals surface area contributed by atoms with E-state index < -0.39 is 10.0 Å². The summed E-state index contributed by atoms with van der Waals surface area (Å²) in [4.78, 5) is 0. The van der Waals surface area contributed by atoms with Crippen molar-refractivity contribution >= 4 is 10.0 Å². The van der Waals surface area contributed by atoms with E-state index in [-0.39, 0.29) is 18.0 Å². The molecule has 0 N–H and O–H groups in total. The van der Waals surface area contributed by atoms with E-state index in [2.05, 4.69) is 0 Å². The van der Waals surface area contributed by atoms with Crippen molar-refractivity contribution in [1.82, 2.24) is 4.31 Å². The molecule has 0 unspecified atom stereocenters. The molecular formula is C16H19NO4S. The van der Waals surface area contributed by atoms with Gasteiger partial charge in [-0.2, -0.15) is 4.31 Å². The van der Waals surface area contributed by atoms with Crippen molar-refractivity contribution in [3.05, 3.63) is 54.0 Å². The van der Waals surface area contributed by atoms with Crippen LogP contribution in [0.25, 0.3) is 0 Å². The van der Waals surface area contributed by atoms with Crippen LogP contribution in [0.3, 0.4) is 0 Å². The van der Waals surface area contributed by atoms with Gasteiger partial charge in [0.1, 0.15) is 11.5 Å². The lowest BCUT2D eigenvalue weighted by atomic mass is 9.79. The molecule has 1 fully saturated rings. The number of sulfonamides is 1. The van der Waals surface area contributed by atoms with E-state index in [1.54, 1.807) is 19.4 Å². The molecule has 0 saturated carbocycles. The second-order valence-electron chi connectivity index (χ2n) is 5.63. The number of rotatable bonds is 4. The van der Waals surface area contributed by atoms with Crippen molar-refractivity contribution in [2.45, 2.75) is 19.0 Å². The van der Waals surface area contributed by atoms with Gasteiger partial charge in [-0.1, -0.05) is 19.1 Å². The lowest BCUT2D eigenvalue weighted by Gasteiger charge is -2.51. The van der Waals surface area contributed by atoms with E-state index in [1.165, 1.54) is 10.6 Å². The molecule has 3 atom stereocenters. The summed E-state index contributed by atoms with van der Waals surface area (Å²) in [5, 5.41) is 0. The molecule has 5 nitrogen and oxygen atoms in total. The largest absolute Gasteiger partial charge is 0.497 e. The van der Waals surface area contributed by atoms with Crippen molar-refractivity contribution in [2.75, 3.05) is 13.4 Å². The predicted octanol–water partition coefficient (Wildman–Crippen LogP) is 2.98. The fraction of sp³-hybridized carbons (Fsp3) is 0.375. The highest BCUT2D eigenvalue weighted by Gasteiger charge is 2.53. The number of ether oxygens (including phenoxy) is 1. The highest BCUT2D eigenvalue weighted by molar-refractivity contribution is 7.88. The van der Waals surface area contributed by atoms with Gasteiger partial charge in [0.15, 0.2) is 0 Å². The molecule has 2 aromatic rings. The van der Waals surface area contributed by atoms with Crippen LogP contribution in [0.2, 0.25) is 0 Å². The molecule has 118 valence electrons. The number of hydrogen-bond acceptors (Lipinski definition) is 4. The monoisotopic (exact) mass is 321 g/mol. The van der Waals surface area contributed by atoms with Crippen molar-refractivity contribution in [3.8, 4) is 5.75 Å². The molecule has 0 radical (unpaired) electrons. The Balaban J connectivity index is 1.97. The summed E-state index contributed by atoms with van der Waals surface area (Å²) < 4.78 is 36.6. The molecular weight excluding hydrogens is 302 g/mol. The van der Waals surface area contributed by atoms with E-state index in [4.69, 9.17) is 9.15 Å². The number of methoxy groups -OCH3 is 1. The summed E-state index contributed by atoms with van der Waals surface area (Å²) in [6.07, 6.45) is 2.81. The second kappa shape index (κ2) is 5.44. The van der Waals surface area contributed by atoms with Crippen molar-refractivity contribution in [3.63, 3.8) is 0 Å². The zero-order valence-corrected chi connectivity index (χ0v) is 13.6. The van der Waals surface area contributed by atoms with Gasteiger partial charge in [-0.25, -0.2) is 8.42 Å². The Bertz CT molecular complexity index is 737. The number of hydrogen-bond donors (Lipinski definition) is 0. The van der Waals surface area contributed by atoms with Gasteiger partial charge in [0, 0.05) is 5.92 Å². The van der Waals surface area contributed by atoms with Gasteiger partial charge in [0.05, 0.1) is 31.7 Å². The number of furan rings is 1. The van der Waals surface area contributed by atoms with Crippen LogP contribution >= 0.6 is 0 Å². The molecule has 0 spiro atoms. The first-order chi connectivity index (χ1) is 10.4. The minimum atomic E-state index is -3.35. The van der Waals surface area contributed by atoms with Crippen molar-refractivity contribution < 1.29 is 17.6 Å². The van der Waals surface area contributed by atoms with Crippen LogP contribution in [0.1, 0.15) is 30.3 Å². The number of benzene rings is 1. The second-order valence-corrected chi connectivity index (χ2v) is 7.52. The third kappa shape index (κ3) is 2.42. The minimum Gasteiger partial charge on any atom is -0.497 e. The Kier molecular flexibility index (Phi) is 3.74. The van der Waals surface area contributed by atoms with Gasteiger partial charge < -0.3 is 9.15 Å². The molecule has 1 aliphatic rings. The molecule has 0 aliphatic carbocycles. The van der Waals surface area contributed by atoms with Crippen LogP contribution in [-0.4, -0.2) is 26.1 Å². The summed E-state index contributed by atoms with van der Waals surface area (Å²) in [7, 11) is -1.74. The Labute approximate surface area is 130 Å². The zero-order chi connectivity index (χ0) is 15.9. The van der Waals surface area contributed by atoms with E-state index in [9.17, 15) is 8.42 Å². The average molecular weight is 321 g/mol. The molecule has 1 aromatic heterocycles. The van der Waals surface area contributed by atoms with E-state index in [1.807, 2.05) is 37.3 Å². The van der Waals surface area contributed by atoms with E-state index >= 15 is 0 Å². The smallest absolute Gasteiger partial charge is 0.212 e. The SMILES string of the molecule is COc1ccc([C@H]2[C@H](C)[C@@H](c3ccco3)N2S(C)(=O)=O)cc1. The molecule has 22 heavy (non-hydrogen) atoms. The Morgan fingerprint density at radius 1 is 1.14 bits per heavy atom. The molecule has 3 rings (SSSR count). The molecule has 2 heterocycles. The van der Waals surface area contributed by atoms with E-state index in [0.29, 0.717) is 5.76 Å². The quantitative estimate of drug-likeness (QED) is 0.868. The maximum absolute atomic E-state index is 12.2. The van der Waals surface area contributed by atoms with Gasteiger partial charge >= 0.3 is 0 Å².